The lowest BCUT2D eigenvalue weighted by Gasteiger charge is -2.34. The normalized spacial score (nSPS) is 19.1. The van der Waals surface area contributed by atoms with Crippen molar-refractivity contribution in [3.8, 4) is 11.8 Å². The molecule has 1 N–H and O–H groups in total. The monoisotopic (exact) mass is 302 g/mol. The molecule has 2 rings (SSSR count). The molecule has 6 heteroatoms. The second-order valence-electron chi connectivity index (χ2n) is 5.28. The second-order valence-corrected chi connectivity index (χ2v) is 5.28. The predicted molar refractivity (Wildman–Crippen MR) is 78.2 cm³/mol. The number of benzene rings is 1. The van der Waals surface area contributed by atoms with Gasteiger partial charge in [-0.3, -0.25) is 4.79 Å². The molecule has 0 saturated carbocycles. The van der Waals surface area contributed by atoms with Gasteiger partial charge in [0, 0.05) is 6.54 Å². The van der Waals surface area contributed by atoms with Crippen LogP contribution in [0.5, 0.6) is 5.75 Å². The van der Waals surface area contributed by atoms with Crippen LogP contribution in [0.2, 0.25) is 0 Å². The summed E-state index contributed by atoms with van der Waals surface area (Å²) in [5, 5.41) is 18.1. The number of rotatable bonds is 4. The fourth-order valence-electron chi connectivity index (χ4n) is 2.58. The molecule has 2 atom stereocenters. The maximum absolute atomic E-state index is 12.4. The molecule has 1 amide bonds. The van der Waals surface area contributed by atoms with Crippen molar-refractivity contribution < 1.29 is 19.4 Å². The number of carbonyl (C=O) groups excluding carboxylic acids is 1. The zero-order valence-electron chi connectivity index (χ0n) is 12.4. The Kier molecular flexibility index (Phi) is 4.99. The van der Waals surface area contributed by atoms with Crippen LogP contribution in [0.3, 0.4) is 0 Å². The lowest BCUT2D eigenvalue weighted by Crippen LogP contribution is -2.52. The Morgan fingerprint density at radius 2 is 2.23 bits per heavy atom. The lowest BCUT2D eigenvalue weighted by atomic mass is 10.0. The summed E-state index contributed by atoms with van der Waals surface area (Å²) in [5.74, 6) is -0.898. The molecule has 0 bridgehead atoms. The molecule has 1 aliphatic heterocycles. The van der Waals surface area contributed by atoms with Crippen molar-refractivity contribution in [3.63, 3.8) is 0 Å². The lowest BCUT2D eigenvalue weighted by molar-refractivity contribution is -0.155. The van der Waals surface area contributed by atoms with Crippen molar-refractivity contribution in [2.75, 3.05) is 6.54 Å². The van der Waals surface area contributed by atoms with E-state index in [0.717, 1.165) is 12.8 Å². The summed E-state index contributed by atoms with van der Waals surface area (Å²) >= 11 is 0. The van der Waals surface area contributed by atoms with Gasteiger partial charge < -0.3 is 14.7 Å². The number of piperidine rings is 1. The summed E-state index contributed by atoms with van der Waals surface area (Å²) in [5.41, 5.74) is 0.443. The number of hydrogen-bond donors (Lipinski definition) is 1. The van der Waals surface area contributed by atoms with Crippen LogP contribution in [0.25, 0.3) is 0 Å². The van der Waals surface area contributed by atoms with Crippen molar-refractivity contribution >= 4 is 11.9 Å². The van der Waals surface area contributed by atoms with Gasteiger partial charge in [-0.15, -0.1) is 0 Å². The molecular weight excluding hydrogens is 284 g/mol. The first kappa shape index (κ1) is 15.8. The number of nitrogens with zero attached hydrogens (tertiary/aromatic N) is 2. The number of amides is 1. The number of aliphatic carboxylic acids is 1. The third kappa shape index (κ3) is 3.55. The predicted octanol–water partition coefficient (Wildman–Crippen LogP) is 1.79. The number of likely N-dealkylation sites (tertiary alicyclic amines) is 1. The molecule has 1 heterocycles. The summed E-state index contributed by atoms with van der Waals surface area (Å²) in [4.78, 5) is 25.1. The Morgan fingerprint density at radius 1 is 1.45 bits per heavy atom. The Balaban J connectivity index is 2.07. The van der Waals surface area contributed by atoms with Gasteiger partial charge in [0.1, 0.15) is 11.8 Å². The molecule has 0 unspecified atom stereocenters. The van der Waals surface area contributed by atoms with E-state index >= 15 is 0 Å². The van der Waals surface area contributed by atoms with Crippen LogP contribution in [0.1, 0.15) is 31.7 Å². The number of hydrogen-bond acceptors (Lipinski definition) is 4. The van der Waals surface area contributed by atoms with Crippen molar-refractivity contribution in [2.45, 2.75) is 38.3 Å². The third-order valence-electron chi connectivity index (χ3n) is 3.69. The van der Waals surface area contributed by atoms with E-state index in [1.807, 2.05) is 6.07 Å². The molecule has 0 radical (unpaired) electrons. The molecule has 22 heavy (non-hydrogen) atoms. The van der Waals surface area contributed by atoms with Gasteiger partial charge in [-0.1, -0.05) is 6.07 Å². The first-order valence-electron chi connectivity index (χ1n) is 7.23. The number of nitriles is 1. The van der Waals surface area contributed by atoms with Crippen LogP contribution < -0.4 is 4.74 Å². The summed E-state index contributed by atoms with van der Waals surface area (Å²) in [6.07, 6.45) is 1.28. The van der Waals surface area contributed by atoms with Gasteiger partial charge in [-0.25, -0.2) is 4.79 Å². The van der Waals surface area contributed by atoms with E-state index in [-0.39, 0.29) is 5.91 Å². The topological polar surface area (TPSA) is 90.6 Å². The zero-order valence-corrected chi connectivity index (χ0v) is 12.4. The maximum Gasteiger partial charge on any atom is 0.326 e. The Morgan fingerprint density at radius 3 is 2.91 bits per heavy atom. The van der Waals surface area contributed by atoms with Crippen LogP contribution in [0, 0.1) is 11.3 Å². The molecule has 0 aromatic heterocycles. The third-order valence-corrected chi connectivity index (χ3v) is 3.69. The van der Waals surface area contributed by atoms with E-state index < -0.39 is 18.1 Å². The number of carboxylic acids is 1. The molecular formula is C16H18N2O4. The average molecular weight is 302 g/mol. The summed E-state index contributed by atoms with van der Waals surface area (Å²) in [6, 6.07) is 7.75. The quantitative estimate of drug-likeness (QED) is 0.915. The Labute approximate surface area is 128 Å². The zero-order chi connectivity index (χ0) is 16.1. The van der Waals surface area contributed by atoms with E-state index in [0.29, 0.717) is 24.3 Å². The molecule has 1 aromatic rings. The van der Waals surface area contributed by atoms with Crippen LogP contribution >= 0.6 is 0 Å². The van der Waals surface area contributed by atoms with Gasteiger partial charge in [0.05, 0.1) is 11.6 Å². The summed E-state index contributed by atoms with van der Waals surface area (Å²) in [7, 11) is 0. The highest BCUT2D eigenvalue weighted by Crippen LogP contribution is 2.20. The highest BCUT2D eigenvalue weighted by molar-refractivity contribution is 5.86. The van der Waals surface area contributed by atoms with Crippen LogP contribution in [0.4, 0.5) is 0 Å². The SMILES string of the molecule is C[C@@H](Oc1cccc(C#N)c1)C(=O)N1CCCC[C@@H]1C(=O)O. The van der Waals surface area contributed by atoms with Gasteiger partial charge in [-0.05, 0) is 44.4 Å². The van der Waals surface area contributed by atoms with Gasteiger partial charge in [0.2, 0.25) is 0 Å². The number of carbonyl (C=O) groups is 2. The van der Waals surface area contributed by atoms with Crippen molar-refractivity contribution in [1.29, 1.82) is 5.26 Å². The fourth-order valence-corrected chi connectivity index (χ4v) is 2.58. The smallest absolute Gasteiger partial charge is 0.326 e. The minimum absolute atomic E-state index is 0.338. The molecule has 1 aliphatic rings. The molecule has 0 aliphatic carbocycles. The highest BCUT2D eigenvalue weighted by Gasteiger charge is 2.34. The molecule has 1 fully saturated rings. The summed E-state index contributed by atoms with van der Waals surface area (Å²) in [6.45, 7) is 2.02. The summed E-state index contributed by atoms with van der Waals surface area (Å²) < 4.78 is 5.56. The van der Waals surface area contributed by atoms with Crippen molar-refractivity contribution in [1.82, 2.24) is 4.90 Å². The number of ether oxygens (including phenoxy) is 1. The Hall–Kier alpha value is -2.55. The van der Waals surface area contributed by atoms with E-state index in [1.165, 1.54) is 4.90 Å². The van der Waals surface area contributed by atoms with Crippen molar-refractivity contribution in [3.05, 3.63) is 29.8 Å². The maximum atomic E-state index is 12.4. The van der Waals surface area contributed by atoms with E-state index in [1.54, 1.807) is 31.2 Å². The highest BCUT2D eigenvalue weighted by atomic mass is 16.5. The second kappa shape index (κ2) is 6.94. The molecule has 6 nitrogen and oxygen atoms in total. The minimum Gasteiger partial charge on any atom is -0.481 e. The van der Waals surface area contributed by atoms with Crippen LogP contribution in [-0.4, -0.2) is 40.6 Å². The van der Waals surface area contributed by atoms with Gasteiger partial charge >= 0.3 is 5.97 Å². The van der Waals surface area contributed by atoms with Crippen molar-refractivity contribution in [2.24, 2.45) is 0 Å². The van der Waals surface area contributed by atoms with E-state index in [9.17, 15) is 14.7 Å². The fraction of sp³-hybridized carbons (Fsp3) is 0.438. The van der Waals surface area contributed by atoms with Crippen LogP contribution in [-0.2, 0) is 9.59 Å². The largest absolute Gasteiger partial charge is 0.481 e. The van der Waals surface area contributed by atoms with Gasteiger partial charge in [0.25, 0.3) is 5.91 Å². The molecule has 0 spiro atoms. The van der Waals surface area contributed by atoms with Gasteiger partial charge in [-0.2, -0.15) is 5.26 Å². The van der Waals surface area contributed by atoms with E-state index in [4.69, 9.17) is 10.00 Å². The standard InChI is InChI=1S/C16H18N2O4/c1-11(22-13-6-4-5-12(9-13)10-17)15(19)18-8-3-2-7-14(18)16(20)21/h4-6,9,11,14H,2-3,7-8H2,1H3,(H,20,21)/t11-,14-/m1/s1. The first-order valence-corrected chi connectivity index (χ1v) is 7.23. The first-order chi connectivity index (χ1) is 10.5. The Bertz CT molecular complexity index is 608. The minimum atomic E-state index is -0.980. The van der Waals surface area contributed by atoms with Crippen LogP contribution in [0.15, 0.2) is 24.3 Å². The number of carboxylic acid groups (broad SMARTS) is 1. The van der Waals surface area contributed by atoms with E-state index in [2.05, 4.69) is 0 Å². The van der Waals surface area contributed by atoms with Gasteiger partial charge in [0.15, 0.2) is 6.10 Å². The molecule has 116 valence electrons. The average Bonchev–Trinajstić information content (AvgIpc) is 2.54. The molecule has 1 aromatic carbocycles. The molecule has 1 saturated heterocycles.